The standard InChI is InChI=1S/C7H8ClN3O3/c1-2-14-7(12)5-6(9)11(13)3-4(8)10-5/h3,9,13H,2H2,1H3. The van der Waals surface area contributed by atoms with E-state index in [1.165, 1.54) is 0 Å². The maximum atomic E-state index is 11.2. The third-order valence-corrected chi connectivity index (χ3v) is 1.55. The summed E-state index contributed by atoms with van der Waals surface area (Å²) in [5.41, 5.74) is -0.783. The second-order valence-electron chi connectivity index (χ2n) is 2.33. The predicted octanol–water partition coefficient (Wildman–Crippen LogP) is 0.430. The van der Waals surface area contributed by atoms with Gasteiger partial charge in [-0.05, 0) is 6.92 Å². The fourth-order valence-corrected chi connectivity index (χ4v) is 0.981. The van der Waals surface area contributed by atoms with E-state index in [0.717, 1.165) is 6.20 Å². The SMILES string of the molecule is CCOC(=O)c1nc(Cl)cn(O)c1=N. The van der Waals surface area contributed by atoms with E-state index >= 15 is 0 Å². The van der Waals surface area contributed by atoms with Crippen molar-refractivity contribution in [2.24, 2.45) is 0 Å². The number of nitrogens with zero attached hydrogens (tertiary/aromatic N) is 2. The van der Waals surface area contributed by atoms with Crippen LogP contribution in [0.2, 0.25) is 5.15 Å². The Morgan fingerprint density at radius 1 is 1.86 bits per heavy atom. The zero-order valence-electron chi connectivity index (χ0n) is 7.32. The number of hydrogen-bond donors (Lipinski definition) is 2. The van der Waals surface area contributed by atoms with Gasteiger partial charge in [0, 0.05) is 0 Å². The summed E-state index contributed by atoms with van der Waals surface area (Å²) in [5.74, 6) is -0.789. The quantitative estimate of drug-likeness (QED) is 0.556. The van der Waals surface area contributed by atoms with Gasteiger partial charge in [0.05, 0.1) is 12.8 Å². The van der Waals surface area contributed by atoms with Gasteiger partial charge in [-0.2, -0.15) is 4.73 Å². The van der Waals surface area contributed by atoms with Gasteiger partial charge in [0.15, 0.2) is 11.2 Å². The average molecular weight is 218 g/mol. The molecule has 0 aliphatic heterocycles. The van der Waals surface area contributed by atoms with Gasteiger partial charge in [0.2, 0.25) is 0 Å². The van der Waals surface area contributed by atoms with Crippen LogP contribution >= 0.6 is 11.6 Å². The van der Waals surface area contributed by atoms with Crippen LogP contribution in [0.1, 0.15) is 17.4 Å². The highest BCUT2D eigenvalue weighted by Gasteiger charge is 2.14. The monoisotopic (exact) mass is 217 g/mol. The molecule has 2 N–H and O–H groups in total. The molecule has 0 radical (unpaired) electrons. The van der Waals surface area contributed by atoms with Gasteiger partial charge < -0.3 is 9.94 Å². The van der Waals surface area contributed by atoms with Crippen molar-refractivity contribution in [3.8, 4) is 0 Å². The molecular weight excluding hydrogens is 210 g/mol. The molecule has 1 heterocycles. The van der Waals surface area contributed by atoms with Crippen LogP contribution in [0.3, 0.4) is 0 Å². The Morgan fingerprint density at radius 3 is 3.07 bits per heavy atom. The number of ether oxygens (including phenoxy) is 1. The van der Waals surface area contributed by atoms with E-state index in [9.17, 15) is 4.79 Å². The minimum Gasteiger partial charge on any atom is -0.461 e. The van der Waals surface area contributed by atoms with Crippen LogP contribution in [-0.2, 0) is 4.74 Å². The predicted molar refractivity (Wildman–Crippen MR) is 46.2 cm³/mol. The summed E-state index contributed by atoms with van der Waals surface area (Å²) < 4.78 is 5.02. The van der Waals surface area contributed by atoms with Crippen molar-refractivity contribution in [2.75, 3.05) is 6.61 Å². The number of hydrogen-bond acceptors (Lipinski definition) is 5. The zero-order valence-corrected chi connectivity index (χ0v) is 8.08. The van der Waals surface area contributed by atoms with Crippen LogP contribution < -0.4 is 5.49 Å². The second kappa shape index (κ2) is 4.10. The molecule has 0 aliphatic carbocycles. The van der Waals surface area contributed by atoms with E-state index in [4.69, 9.17) is 22.2 Å². The molecule has 0 fully saturated rings. The number of carbonyl (C=O) groups excluding carboxylic acids is 1. The Balaban J connectivity index is 3.21. The Hall–Kier alpha value is -1.56. The Morgan fingerprint density at radius 2 is 2.50 bits per heavy atom. The zero-order chi connectivity index (χ0) is 10.7. The fraction of sp³-hybridized carbons (Fsp3) is 0.286. The lowest BCUT2D eigenvalue weighted by atomic mass is 10.4. The summed E-state index contributed by atoms with van der Waals surface area (Å²) in [7, 11) is 0. The number of halogens is 1. The first-order chi connectivity index (χ1) is 6.56. The van der Waals surface area contributed by atoms with Crippen molar-refractivity contribution in [1.82, 2.24) is 9.71 Å². The van der Waals surface area contributed by atoms with Crippen LogP contribution in [0.25, 0.3) is 0 Å². The van der Waals surface area contributed by atoms with Crippen LogP contribution in [-0.4, -0.2) is 27.5 Å². The fourth-order valence-electron chi connectivity index (χ4n) is 0.804. The normalized spacial score (nSPS) is 9.86. The molecule has 0 unspecified atom stereocenters. The van der Waals surface area contributed by atoms with Gasteiger partial charge in [-0.25, -0.2) is 9.78 Å². The summed E-state index contributed by atoms with van der Waals surface area (Å²) in [5, 5.41) is 16.3. The molecule has 7 heteroatoms. The lowest BCUT2D eigenvalue weighted by molar-refractivity contribution is 0.0508. The second-order valence-corrected chi connectivity index (χ2v) is 2.71. The van der Waals surface area contributed by atoms with Crippen molar-refractivity contribution >= 4 is 17.6 Å². The van der Waals surface area contributed by atoms with Gasteiger partial charge in [-0.15, -0.1) is 0 Å². The van der Waals surface area contributed by atoms with Crippen LogP contribution in [0.15, 0.2) is 6.20 Å². The van der Waals surface area contributed by atoms with E-state index < -0.39 is 11.5 Å². The van der Waals surface area contributed by atoms with Gasteiger partial charge in [0.25, 0.3) is 0 Å². The van der Waals surface area contributed by atoms with Crippen LogP contribution in [0, 0.1) is 5.41 Å². The topological polar surface area (TPSA) is 88.2 Å². The summed E-state index contributed by atoms with van der Waals surface area (Å²) in [6.45, 7) is 1.79. The van der Waals surface area contributed by atoms with E-state index in [0.29, 0.717) is 4.73 Å². The van der Waals surface area contributed by atoms with Gasteiger partial charge >= 0.3 is 5.97 Å². The largest absolute Gasteiger partial charge is 0.461 e. The lowest BCUT2D eigenvalue weighted by Gasteiger charge is -2.03. The molecule has 76 valence electrons. The molecule has 0 bridgehead atoms. The summed E-state index contributed by atoms with van der Waals surface area (Å²) >= 11 is 5.48. The minimum absolute atomic E-state index is 0.0912. The van der Waals surface area contributed by atoms with Crippen LogP contribution in [0.5, 0.6) is 0 Å². The Bertz CT molecular complexity index is 415. The molecule has 1 rings (SSSR count). The number of aromatic nitrogens is 2. The van der Waals surface area contributed by atoms with E-state index in [2.05, 4.69) is 9.72 Å². The summed E-state index contributed by atoms with van der Waals surface area (Å²) in [6, 6.07) is 0. The molecule has 0 saturated carbocycles. The first kappa shape index (κ1) is 10.5. The van der Waals surface area contributed by atoms with E-state index in [-0.39, 0.29) is 17.5 Å². The Labute approximate surface area is 84.2 Å². The minimum atomic E-state index is -0.789. The molecule has 1 aromatic heterocycles. The number of rotatable bonds is 2. The molecule has 6 nitrogen and oxygen atoms in total. The smallest absolute Gasteiger partial charge is 0.360 e. The first-order valence-electron chi connectivity index (χ1n) is 3.76. The lowest BCUT2D eigenvalue weighted by Crippen LogP contribution is -2.27. The molecule has 0 aliphatic rings. The number of carbonyl (C=O) groups is 1. The van der Waals surface area contributed by atoms with Crippen molar-refractivity contribution in [2.45, 2.75) is 6.92 Å². The van der Waals surface area contributed by atoms with Crippen molar-refractivity contribution < 1.29 is 14.7 Å². The third-order valence-electron chi connectivity index (χ3n) is 1.37. The first-order valence-corrected chi connectivity index (χ1v) is 4.14. The molecule has 0 spiro atoms. The van der Waals surface area contributed by atoms with Crippen molar-refractivity contribution in [3.63, 3.8) is 0 Å². The molecule has 14 heavy (non-hydrogen) atoms. The number of esters is 1. The maximum absolute atomic E-state index is 11.2. The van der Waals surface area contributed by atoms with Gasteiger partial charge in [-0.1, -0.05) is 11.6 Å². The Kier molecular flexibility index (Phi) is 3.08. The maximum Gasteiger partial charge on any atom is 0.360 e. The molecule has 0 amide bonds. The number of nitrogens with one attached hydrogen (secondary N) is 1. The van der Waals surface area contributed by atoms with Crippen molar-refractivity contribution in [3.05, 3.63) is 22.5 Å². The van der Waals surface area contributed by atoms with E-state index in [1.54, 1.807) is 6.92 Å². The van der Waals surface area contributed by atoms with Gasteiger partial charge in [-0.3, -0.25) is 5.41 Å². The summed E-state index contributed by atoms with van der Waals surface area (Å²) in [4.78, 5) is 14.8. The average Bonchev–Trinajstić information content (AvgIpc) is 2.11. The van der Waals surface area contributed by atoms with Gasteiger partial charge in [0.1, 0.15) is 5.15 Å². The molecule has 0 atom stereocenters. The molecule has 0 saturated heterocycles. The highest BCUT2D eigenvalue weighted by atomic mass is 35.5. The highest BCUT2D eigenvalue weighted by Crippen LogP contribution is 2.01. The van der Waals surface area contributed by atoms with Crippen LogP contribution in [0.4, 0.5) is 0 Å². The molecule has 1 aromatic rings. The highest BCUT2D eigenvalue weighted by molar-refractivity contribution is 6.29. The molecular formula is C7H8ClN3O3. The molecule has 0 aromatic carbocycles. The third kappa shape index (κ3) is 2.02. The summed E-state index contributed by atoms with van der Waals surface area (Å²) in [6.07, 6.45) is 1.01. The van der Waals surface area contributed by atoms with Crippen molar-refractivity contribution in [1.29, 1.82) is 5.41 Å². The van der Waals surface area contributed by atoms with E-state index in [1.807, 2.05) is 0 Å².